The Morgan fingerprint density at radius 3 is 2.64 bits per heavy atom. The first-order valence-corrected chi connectivity index (χ1v) is 9.86. The predicted octanol–water partition coefficient (Wildman–Crippen LogP) is 4.59. The third-order valence-electron chi connectivity index (χ3n) is 4.08. The van der Waals surface area contributed by atoms with E-state index in [1.165, 1.54) is 16.2 Å². The largest absolute Gasteiger partial charge is 0.451 e. The Hall–Kier alpha value is -2.70. The zero-order valence-electron chi connectivity index (χ0n) is 15.5. The molecular formula is C21H19ClN2O3S. The number of nitrogens with zero attached hydrogens (tertiary/aromatic N) is 2. The van der Waals surface area contributed by atoms with Gasteiger partial charge >= 0.3 is 5.97 Å². The van der Waals surface area contributed by atoms with Crippen LogP contribution in [0, 0.1) is 6.92 Å². The zero-order chi connectivity index (χ0) is 20.1. The molecule has 0 N–H and O–H groups in total. The Balaban J connectivity index is 1.55. The van der Waals surface area contributed by atoms with Crippen LogP contribution in [0.1, 0.15) is 21.6 Å². The minimum atomic E-state index is -0.624. The van der Waals surface area contributed by atoms with Crippen LogP contribution in [0.5, 0.6) is 0 Å². The maximum atomic E-state index is 12.2. The van der Waals surface area contributed by atoms with E-state index in [2.05, 4.69) is 4.98 Å². The minimum absolute atomic E-state index is 0.175. The highest BCUT2D eigenvalue weighted by molar-refractivity contribution is 7.13. The van der Waals surface area contributed by atoms with Crippen LogP contribution < -0.4 is 0 Å². The van der Waals surface area contributed by atoms with Gasteiger partial charge in [0.25, 0.3) is 5.91 Å². The number of likely N-dealkylation sites (N-methyl/N-ethyl adjacent to an activating group) is 1. The van der Waals surface area contributed by atoms with Crippen molar-refractivity contribution >= 4 is 34.8 Å². The number of carbonyl (C=O) groups is 2. The van der Waals surface area contributed by atoms with Crippen LogP contribution in [-0.2, 0) is 16.1 Å². The molecule has 5 nitrogen and oxygen atoms in total. The molecule has 0 radical (unpaired) electrons. The number of carbonyl (C=O) groups excluding carboxylic acids is 2. The first kappa shape index (κ1) is 20.0. The van der Waals surface area contributed by atoms with Gasteiger partial charge in [-0.2, -0.15) is 0 Å². The highest BCUT2D eigenvalue weighted by Gasteiger charge is 2.17. The predicted molar refractivity (Wildman–Crippen MR) is 110 cm³/mol. The van der Waals surface area contributed by atoms with Gasteiger partial charge in [-0.1, -0.05) is 53.6 Å². The number of hydrogen-bond acceptors (Lipinski definition) is 5. The second-order valence-corrected chi connectivity index (χ2v) is 7.65. The second-order valence-electron chi connectivity index (χ2n) is 6.36. The minimum Gasteiger partial charge on any atom is -0.451 e. The van der Waals surface area contributed by atoms with Crippen molar-refractivity contribution in [3.8, 4) is 10.6 Å². The van der Waals surface area contributed by atoms with Crippen LogP contribution in [0.2, 0.25) is 5.02 Å². The average molecular weight is 415 g/mol. The number of thiazole rings is 1. The summed E-state index contributed by atoms with van der Waals surface area (Å²) in [5.74, 6) is -0.902. The Morgan fingerprint density at radius 1 is 1.18 bits per heavy atom. The van der Waals surface area contributed by atoms with E-state index in [1.54, 1.807) is 24.6 Å². The molecule has 7 heteroatoms. The van der Waals surface area contributed by atoms with Gasteiger partial charge in [-0.15, -0.1) is 11.3 Å². The standard InChI is InChI=1S/C21H19ClN2O3S/c1-14-6-8-15(9-7-14)11-24(2)19(25)12-27-21(26)18-13-28-20(23-18)16-4-3-5-17(22)10-16/h3-10,13H,11-12H2,1-2H3. The Labute approximate surface area is 172 Å². The van der Waals surface area contributed by atoms with Crippen LogP contribution in [0.25, 0.3) is 10.6 Å². The maximum absolute atomic E-state index is 12.2. The molecule has 1 aromatic heterocycles. The lowest BCUT2D eigenvalue weighted by Crippen LogP contribution is -2.30. The summed E-state index contributed by atoms with van der Waals surface area (Å²) in [5.41, 5.74) is 3.17. The Kier molecular flexibility index (Phi) is 6.44. The number of aromatic nitrogens is 1. The maximum Gasteiger partial charge on any atom is 0.358 e. The molecule has 144 valence electrons. The molecule has 0 aliphatic carbocycles. The number of halogens is 1. The first-order chi connectivity index (χ1) is 13.4. The van der Waals surface area contributed by atoms with Gasteiger partial charge in [0.1, 0.15) is 5.01 Å². The van der Waals surface area contributed by atoms with Crippen LogP contribution in [0.4, 0.5) is 0 Å². The fourth-order valence-electron chi connectivity index (χ4n) is 2.49. The molecule has 0 aliphatic heterocycles. The summed E-state index contributed by atoms with van der Waals surface area (Å²) in [6.45, 7) is 2.13. The number of benzene rings is 2. The van der Waals surface area contributed by atoms with Gasteiger partial charge in [-0.25, -0.2) is 9.78 Å². The molecule has 0 unspecified atom stereocenters. The number of amides is 1. The van der Waals surface area contributed by atoms with E-state index >= 15 is 0 Å². The van der Waals surface area contributed by atoms with Crippen LogP contribution in [0.15, 0.2) is 53.9 Å². The quantitative estimate of drug-likeness (QED) is 0.553. The molecule has 3 rings (SSSR count). The first-order valence-electron chi connectivity index (χ1n) is 8.60. The topological polar surface area (TPSA) is 59.5 Å². The van der Waals surface area contributed by atoms with Crippen LogP contribution in [0.3, 0.4) is 0 Å². The van der Waals surface area contributed by atoms with E-state index in [1.807, 2.05) is 43.3 Å². The molecule has 1 amide bonds. The van der Waals surface area contributed by atoms with Gasteiger partial charge < -0.3 is 9.64 Å². The van der Waals surface area contributed by atoms with Crippen molar-refractivity contribution in [2.45, 2.75) is 13.5 Å². The molecule has 2 aromatic carbocycles. The lowest BCUT2D eigenvalue weighted by molar-refractivity contribution is -0.133. The van der Waals surface area contributed by atoms with Crippen LogP contribution >= 0.6 is 22.9 Å². The van der Waals surface area contributed by atoms with Crippen molar-refractivity contribution in [2.24, 2.45) is 0 Å². The second kappa shape index (κ2) is 8.99. The molecule has 0 saturated carbocycles. The molecule has 0 fully saturated rings. The van der Waals surface area contributed by atoms with E-state index in [-0.39, 0.29) is 18.2 Å². The van der Waals surface area contributed by atoms with Gasteiger partial charge in [0.2, 0.25) is 0 Å². The van der Waals surface area contributed by atoms with Crippen molar-refractivity contribution < 1.29 is 14.3 Å². The molecule has 1 heterocycles. The molecule has 0 atom stereocenters. The average Bonchev–Trinajstić information content (AvgIpc) is 3.18. The number of ether oxygens (including phenoxy) is 1. The van der Waals surface area contributed by atoms with Gasteiger partial charge in [-0.05, 0) is 24.6 Å². The highest BCUT2D eigenvalue weighted by atomic mass is 35.5. The van der Waals surface area contributed by atoms with Crippen molar-refractivity contribution in [1.29, 1.82) is 0 Å². The van der Waals surface area contributed by atoms with Gasteiger partial charge in [0.15, 0.2) is 12.3 Å². The molecule has 0 saturated heterocycles. The lowest BCUT2D eigenvalue weighted by atomic mass is 10.1. The number of aryl methyl sites for hydroxylation is 1. The summed E-state index contributed by atoms with van der Waals surface area (Å²) in [6, 6.07) is 15.2. The van der Waals surface area contributed by atoms with Gasteiger partial charge in [0, 0.05) is 29.6 Å². The summed E-state index contributed by atoms with van der Waals surface area (Å²) in [6.07, 6.45) is 0. The van der Waals surface area contributed by atoms with E-state index < -0.39 is 5.97 Å². The number of esters is 1. The van der Waals surface area contributed by atoms with Crippen LogP contribution in [-0.4, -0.2) is 35.4 Å². The third kappa shape index (κ3) is 5.18. The van der Waals surface area contributed by atoms with Crippen molar-refractivity contribution in [2.75, 3.05) is 13.7 Å². The van der Waals surface area contributed by atoms with Crippen molar-refractivity contribution in [3.05, 3.63) is 75.8 Å². The molecule has 3 aromatic rings. The summed E-state index contributed by atoms with van der Waals surface area (Å²) in [4.78, 5) is 30.2. The van der Waals surface area contributed by atoms with Crippen molar-refractivity contribution in [1.82, 2.24) is 9.88 Å². The Morgan fingerprint density at radius 2 is 1.93 bits per heavy atom. The van der Waals surface area contributed by atoms with E-state index in [0.29, 0.717) is 16.6 Å². The lowest BCUT2D eigenvalue weighted by Gasteiger charge is -2.17. The summed E-state index contributed by atoms with van der Waals surface area (Å²) in [7, 11) is 1.68. The normalized spacial score (nSPS) is 10.5. The summed E-state index contributed by atoms with van der Waals surface area (Å²) < 4.78 is 5.13. The Bertz CT molecular complexity index is 985. The SMILES string of the molecule is Cc1ccc(CN(C)C(=O)COC(=O)c2csc(-c3cccc(Cl)c3)n2)cc1. The monoisotopic (exact) mass is 414 g/mol. The van der Waals surface area contributed by atoms with E-state index in [4.69, 9.17) is 16.3 Å². The fraction of sp³-hybridized carbons (Fsp3) is 0.190. The fourth-order valence-corrected chi connectivity index (χ4v) is 3.47. The van der Waals surface area contributed by atoms with Gasteiger partial charge in [-0.3, -0.25) is 4.79 Å². The van der Waals surface area contributed by atoms with E-state index in [0.717, 1.165) is 16.7 Å². The molecule has 0 bridgehead atoms. The highest BCUT2D eigenvalue weighted by Crippen LogP contribution is 2.26. The zero-order valence-corrected chi connectivity index (χ0v) is 17.1. The van der Waals surface area contributed by atoms with E-state index in [9.17, 15) is 9.59 Å². The molecule has 0 spiro atoms. The molecule has 0 aliphatic rings. The van der Waals surface area contributed by atoms with Crippen molar-refractivity contribution in [3.63, 3.8) is 0 Å². The number of hydrogen-bond donors (Lipinski definition) is 0. The molecular weight excluding hydrogens is 396 g/mol. The smallest absolute Gasteiger partial charge is 0.358 e. The summed E-state index contributed by atoms with van der Waals surface area (Å²) in [5, 5.41) is 2.87. The molecule has 28 heavy (non-hydrogen) atoms. The number of rotatable bonds is 6. The summed E-state index contributed by atoms with van der Waals surface area (Å²) >= 11 is 7.30. The van der Waals surface area contributed by atoms with Gasteiger partial charge in [0.05, 0.1) is 0 Å². The third-order valence-corrected chi connectivity index (χ3v) is 5.20.